The van der Waals surface area contributed by atoms with Gasteiger partial charge < -0.3 is 10.5 Å². The maximum Gasteiger partial charge on any atom is 0.338 e. The van der Waals surface area contributed by atoms with Crippen molar-refractivity contribution in [3.05, 3.63) is 29.3 Å². The Bertz CT molecular complexity index is 610. The third-order valence-corrected chi connectivity index (χ3v) is 3.76. The summed E-state index contributed by atoms with van der Waals surface area (Å²) in [7, 11) is -2.69. The molecule has 0 unspecified atom stereocenters. The number of hydrogen-bond donors (Lipinski definition) is 2. The molecule has 0 fully saturated rings. The number of hydrogen-bond acceptors (Lipinski definition) is 5. The minimum atomic E-state index is -3.89. The number of methoxy groups -OCH3 is 1. The van der Waals surface area contributed by atoms with Gasteiger partial charge in [-0.15, -0.1) is 0 Å². The number of esters is 1. The Morgan fingerprint density at radius 1 is 1.37 bits per heavy atom. The molecule has 1 rings (SSSR count). The Morgan fingerprint density at radius 2 is 2.00 bits per heavy atom. The molecule has 1 aromatic carbocycles. The Balaban J connectivity index is 3.15. The Kier molecular flexibility index (Phi) is 4.62. The Morgan fingerprint density at radius 3 is 2.53 bits per heavy atom. The third-order valence-electron chi connectivity index (χ3n) is 2.36. The molecule has 3 N–H and O–H groups in total. The van der Waals surface area contributed by atoms with Crippen molar-refractivity contribution >= 4 is 21.9 Å². The monoisotopic (exact) mass is 286 g/mol. The molecule has 0 atom stereocenters. The molecule has 0 aliphatic rings. The summed E-state index contributed by atoms with van der Waals surface area (Å²) >= 11 is 0. The first-order valence-electron chi connectivity index (χ1n) is 5.25. The van der Waals surface area contributed by atoms with Gasteiger partial charge in [0.2, 0.25) is 15.9 Å². The van der Waals surface area contributed by atoms with E-state index in [4.69, 9.17) is 5.73 Å². The second kappa shape index (κ2) is 5.81. The van der Waals surface area contributed by atoms with Crippen molar-refractivity contribution in [1.82, 2.24) is 4.72 Å². The smallest absolute Gasteiger partial charge is 0.338 e. The summed E-state index contributed by atoms with van der Waals surface area (Å²) in [6.07, 6.45) is 0. The van der Waals surface area contributed by atoms with Gasteiger partial charge >= 0.3 is 5.97 Å². The fraction of sp³-hybridized carbons (Fsp3) is 0.273. The summed E-state index contributed by atoms with van der Waals surface area (Å²) in [4.78, 5) is 21.9. The average Bonchev–Trinajstić information content (AvgIpc) is 2.36. The van der Waals surface area contributed by atoms with Crippen LogP contribution in [-0.4, -0.2) is 33.9 Å². The van der Waals surface area contributed by atoms with E-state index in [2.05, 4.69) is 4.74 Å². The van der Waals surface area contributed by atoms with E-state index in [-0.39, 0.29) is 10.5 Å². The molecule has 8 heteroatoms. The molecule has 0 bridgehead atoms. The van der Waals surface area contributed by atoms with Crippen molar-refractivity contribution < 1.29 is 22.7 Å². The van der Waals surface area contributed by atoms with Gasteiger partial charge in [0, 0.05) is 0 Å². The van der Waals surface area contributed by atoms with Gasteiger partial charge in [-0.25, -0.2) is 17.9 Å². The van der Waals surface area contributed by atoms with Crippen molar-refractivity contribution in [3.8, 4) is 0 Å². The zero-order valence-corrected chi connectivity index (χ0v) is 11.3. The number of nitrogens with one attached hydrogen (secondary N) is 1. The van der Waals surface area contributed by atoms with Gasteiger partial charge in [0.1, 0.15) is 0 Å². The summed E-state index contributed by atoms with van der Waals surface area (Å²) in [5.41, 5.74) is 5.59. The van der Waals surface area contributed by atoms with Crippen molar-refractivity contribution in [2.24, 2.45) is 5.73 Å². The maximum atomic E-state index is 11.8. The fourth-order valence-electron chi connectivity index (χ4n) is 1.35. The average molecular weight is 286 g/mol. The SMILES string of the molecule is COC(=O)c1cc(S(=O)(=O)NCC(N)=O)ccc1C. The summed E-state index contributed by atoms with van der Waals surface area (Å²) in [6, 6.07) is 3.99. The number of carbonyl (C=O) groups excluding carboxylic acids is 2. The van der Waals surface area contributed by atoms with Gasteiger partial charge in [-0.3, -0.25) is 4.79 Å². The van der Waals surface area contributed by atoms with Gasteiger partial charge in [-0.2, -0.15) is 0 Å². The summed E-state index contributed by atoms with van der Waals surface area (Å²) < 4.78 is 30.3. The van der Waals surface area contributed by atoms with Gasteiger partial charge in [0.25, 0.3) is 0 Å². The highest BCUT2D eigenvalue weighted by atomic mass is 32.2. The number of nitrogens with two attached hydrogens (primary N) is 1. The lowest BCUT2D eigenvalue weighted by molar-refractivity contribution is -0.116. The fourth-order valence-corrected chi connectivity index (χ4v) is 2.37. The minimum Gasteiger partial charge on any atom is -0.465 e. The molecular formula is C11H14N2O5S. The van der Waals surface area contributed by atoms with Crippen LogP contribution >= 0.6 is 0 Å². The molecular weight excluding hydrogens is 272 g/mol. The van der Waals surface area contributed by atoms with Gasteiger partial charge in [0.05, 0.1) is 24.1 Å². The Labute approximate surface area is 110 Å². The topological polar surface area (TPSA) is 116 Å². The first-order chi connectivity index (χ1) is 8.77. The first kappa shape index (κ1) is 15.1. The molecule has 104 valence electrons. The standard InChI is InChI=1S/C11H14N2O5S/c1-7-3-4-8(5-9(7)11(15)18-2)19(16,17)13-6-10(12)14/h3-5,13H,6H2,1-2H3,(H2,12,14). The summed E-state index contributed by atoms with van der Waals surface area (Å²) in [5.74, 6) is -1.44. The van der Waals surface area contributed by atoms with E-state index in [1.165, 1.54) is 25.3 Å². The van der Waals surface area contributed by atoms with Crippen LogP contribution in [0.5, 0.6) is 0 Å². The molecule has 0 aliphatic heterocycles. The lowest BCUT2D eigenvalue weighted by atomic mass is 10.1. The van der Waals surface area contributed by atoms with Crippen molar-refractivity contribution in [3.63, 3.8) is 0 Å². The number of benzene rings is 1. The summed E-state index contributed by atoms with van der Waals surface area (Å²) in [5, 5.41) is 0. The molecule has 7 nitrogen and oxygen atoms in total. The highest BCUT2D eigenvalue weighted by Crippen LogP contribution is 2.16. The van der Waals surface area contributed by atoms with Gasteiger partial charge in [-0.1, -0.05) is 6.07 Å². The van der Waals surface area contributed by atoms with E-state index in [1.54, 1.807) is 6.92 Å². The van der Waals surface area contributed by atoms with E-state index in [1.807, 2.05) is 4.72 Å². The van der Waals surface area contributed by atoms with Crippen LogP contribution in [0.25, 0.3) is 0 Å². The van der Waals surface area contributed by atoms with Crippen LogP contribution in [0.4, 0.5) is 0 Å². The highest BCUT2D eigenvalue weighted by Gasteiger charge is 2.18. The molecule has 0 radical (unpaired) electrons. The van der Waals surface area contributed by atoms with E-state index in [0.717, 1.165) is 0 Å². The second-order valence-corrected chi connectivity index (χ2v) is 5.53. The van der Waals surface area contributed by atoms with E-state index in [0.29, 0.717) is 5.56 Å². The number of carbonyl (C=O) groups is 2. The van der Waals surface area contributed by atoms with Crippen molar-refractivity contribution in [2.75, 3.05) is 13.7 Å². The molecule has 0 aliphatic carbocycles. The number of sulfonamides is 1. The normalized spacial score (nSPS) is 11.1. The van der Waals surface area contributed by atoms with Crippen LogP contribution in [0.1, 0.15) is 15.9 Å². The molecule has 0 saturated heterocycles. The minimum absolute atomic E-state index is 0.139. The predicted octanol–water partition coefficient (Wildman–Crippen LogP) is -0.455. The van der Waals surface area contributed by atoms with Crippen LogP contribution in [-0.2, 0) is 19.6 Å². The molecule has 19 heavy (non-hydrogen) atoms. The quantitative estimate of drug-likeness (QED) is 0.711. The Hall–Kier alpha value is -1.93. The lowest BCUT2D eigenvalue weighted by Gasteiger charge is -2.08. The second-order valence-electron chi connectivity index (χ2n) is 3.76. The van der Waals surface area contributed by atoms with Crippen molar-refractivity contribution in [1.29, 1.82) is 0 Å². The van der Waals surface area contributed by atoms with Gasteiger partial charge in [0.15, 0.2) is 0 Å². The molecule has 0 aromatic heterocycles. The van der Waals surface area contributed by atoms with Crippen LogP contribution in [0, 0.1) is 6.92 Å². The molecule has 0 saturated carbocycles. The first-order valence-corrected chi connectivity index (χ1v) is 6.73. The number of rotatable bonds is 5. The molecule has 1 aromatic rings. The highest BCUT2D eigenvalue weighted by molar-refractivity contribution is 7.89. The number of ether oxygens (including phenoxy) is 1. The zero-order valence-electron chi connectivity index (χ0n) is 10.5. The lowest BCUT2D eigenvalue weighted by Crippen LogP contribution is -2.33. The van der Waals surface area contributed by atoms with E-state index < -0.39 is 28.4 Å². The van der Waals surface area contributed by atoms with Crippen LogP contribution < -0.4 is 10.5 Å². The maximum absolute atomic E-state index is 11.8. The number of aryl methyl sites for hydroxylation is 1. The molecule has 0 spiro atoms. The summed E-state index contributed by atoms with van der Waals surface area (Å²) in [6.45, 7) is 1.14. The van der Waals surface area contributed by atoms with Crippen LogP contribution in [0.15, 0.2) is 23.1 Å². The van der Waals surface area contributed by atoms with Crippen LogP contribution in [0.2, 0.25) is 0 Å². The zero-order chi connectivity index (χ0) is 14.6. The molecule has 1 amide bonds. The predicted molar refractivity (Wildman–Crippen MR) is 66.9 cm³/mol. The van der Waals surface area contributed by atoms with Gasteiger partial charge in [-0.05, 0) is 24.6 Å². The molecule has 0 heterocycles. The van der Waals surface area contributed by atoms with E-state index in [9.17, 15) is 18.0 Å². The third kappa shape index (κ3) is 3.76. The van der Waals surface area contributed by atoms with E-state index >= 15 is 0 Å². The van der Waals surface area contributed by atoms with Crippen molar-refractivity contribution in [2.45, 2.75) is 11.8 Å². The number of primary amides is 1. The largest absolute Gasteiger partial charge is 0.465 e. The van der Waals surface area contributed by atoms with Crippen LogP contribution in [0.3, 0.4) is 0 Å². The number of amides is 1.